The Morgan fingerprint density at radius 1 is 0.864 bits per heavy atom. The quantitative estimate of drug-likeness (QED) is 0.675. The normalized spacial score (nSPS) is 10.1. The van der Waals surface area contributed by atoms with Crippen molar-refractivity contribution in [3.8, 4) is 0 Å². The largest absolute Gasteiger partial charge is 0.344 e. The van der Waals surface area contributed by atoms with E-state index in [4.69, 9.17) is 0 Å². The number of carbonyl (C=O) groups is 2. The van der Waals surface area contributed by atoms with Crippen LogP contribution in [0.15, 0.2) is 42.5 Å². The summed E-state index contributed by atoms with van der Waals surface area (Å²) in [4.78, 5) is 23.1. The van der Waals surface area contributed by atoms with Gasteiger partial charge in [-0.25, -0.2) is 13.2 Å². The first kappa shape index (κ1) is 15.6. The van der Waals surface area contributed by atoms with Crippen LogP contribution in [-0.4, -0.2) is 11.8 Å². The molecule has 0 aliphatic rings. The fourth-order valence-corrected chi connectivity index (χ4v) is 1.66. The van der Waals surface area contributed by atoms with Crippen molar-refractivity contribution in [2.75, 3.05) is 5.32 Å². The summed E-state index contributed by atoms with van der Waals surface area (Å²) in [5.74, 6) is -6.87. The van der Waals surface area contributed by atoms with Crippen LogP contribution >= 0.6 is 0 Å². The van der Waals surface area contributed by atoms with E-state index in [1.807, 2.05) is 5.32 Å². The Kier molecular flexibility index (Phi) is 4.77. The molecule has 0 fully saturated rings. The molecule has 2 amide bonds. The van der Waals surface area contributed by atoms with E-state index in [-0.39, 0.29) is 6.54 Å². The second kappa shape index (κ2) is 6.75. The van der Waals surface area contributed by atoms with Crippen LogP contribution in [0, 0.1) is 17.5 Å². The molecule has 0 heterocycles. The van der Waals surface area contributed by atoms with Crippen LogP contribution in [0.25, 0.3) is 0 Å². The van der Waals surface area contributed by atoms with Gasteiger partial charge in [0.15, 0.2) is 17.5 Å². The van der Waals surface area contributed by atoms with Crippen molar-refractivity contribution in [1.82, 2.24) is 5.32 Å². The van der Waals surface area contributed by atoms with Crippen LogP contribution in [0.1, 0.15) is 5.56 Å². The lowest BCUT2D eigenvalue weighted by Crippen LogP contribution is -2.35. The van der Waals surface area contributed by atoms with Crippen LogP contribution in [0.4, 0.5) is 18.9 Å². The second-order valence-corrected chi connectivity index (χ2v) is 4.35. The second-order valence-electron chi connectivity index (χ2n) is 4.35. The molecule has 0 saturated heterocycles. The zero-order valence-corrected chi connectivity index (χ0v) is 11.2. The Labute approximate surface area is 124 Å². The van der Waals surface area contributed by atoms with Gasteiger partial charge in [-0.1, -0.05) is 30.3 Å². The third-order valence-electron chi connectivity index (χ3n) is 2.79. The number of anilines is 1. The molecule has 2 aromatic rings. The van der Waals surface area contributed by atoms with Crippen molar-refractivity contribution in [1.29, 1.82) is 0 Å². The maximum atomic E-state index is 13.4. The third-order valence-corrected chi connectivity index (χ3v) is 2.79. The third kappa shape index (κ3) is 3.63. The highest BCUT2D eigenvalue weighted by atomic mass is 19.2. The summed E-state index contributed by atoms with van der Waals surface area (Å²) in [5.41, 5.74) is 0.154. The fourth-order valence-electron chi connectivity index (χ4n) is 1.66. The Hall–Kier alpha value is -2.83. The molecule has 0 spiro atoms. The van der Waals surface area contributed by atoms with E-state index in [1.54, 1.807) is 30.3 Å². The van der Waals surface area contributed by atoms with Gasteiger partial charge in [0.05, 0.1) is 5.69 Å². The fraction of sp³-hybridized carbons (Fsp3) is 0.0667. The van der Waals surface area contributed by atoms with E-state index < -0.39 is 35.0 Å². The minimum Gasteiger partial charge on any atom is -0.344 e. The molecule has 0 aliphatic heterocycles. The summed E-state index contributed by atoms with van der Waals surface area (Å²) < 4.78 is 39.1. The van der Waals surface area contributed by atoms with Crippen LogP contribution in [-0.2, 0) is 16.1 Å². The zero-order chi connectivity index (χ0) is 16.1. The molecule has 2 aromatic carbocycles. The number of rotatable bonds is 3. The maximum Gasteiger partial charge on any atom is 0.313 e. The molecule has 0 aromatic heterocycles. The summed E-state index contributed by atoms with van der Waals surface area (Å²) in [7, 11) is 0. The molecule has 4 nitrogen and oxygen atoms in total. The van der Waals surface area contributed by atoms with E-state index in [2.05, 4.69) is 5.32 Å². The molecule has 0 radical (unpaired) electrons. The first-order valence-corrected chi connectivity index (χ1v) is 6.25. The maximum absolute atomic E-state index is 13.4. The van der Waals surface area contributed by atoms with Gasteiger partial charge in [-0.3, -0.25) is 9.59 Å². The lowest BCUT2D eigenvalue weighted by Gasteiger charge is -2.08. The molecular weight excluding hydrogens is 297 g/mol. The van der Waals surface area contributed by atoms with Gasteiger partial charge in [0.25, 0.3) is 0 Å². The average Bonchev–Trinajstić information content (AvgIpc) is 2.54. The van der Waals surface area contributed by atoms with Gasteiger partial charge >= 0.3 is 11.8 Å². The first-order chi connectivity index (χ1) is 10.5. The molecule has 0 unspecified atom stereocenters. The molecule has 0 aliphatic carbocycles. The van der Waals surface area contributed by atoms with Gasteiger partial charge in [-0.15, -0.1) is 0 Å². The van der Waals surface area contributed by atoms with Gasteiger partial charge in [-0.05, 0) is 17.7 Å². The van der Waals surface area contributed by atoms with Crippen LogP contribution in [0.5, 0.6) is 0 Å². The number of halogens is 3. The minimum absolute atomic E-state index is 0.105. The van der Waals surface area contributed by atoms with Crippen molar-refractivity contribution in [3.05, 3.63) is 65.5 Å². The summed E-state index contributed by atoms with van der Waals surface area (Å²) in [6.45, 7) is 0.105. The molecule has 0 bridgehead atoms. The monoisotopic (exact) mass is 308 g/mol. The molecule has 22 heavy (non-hydrogen) atoms. The Balaban J connectivity index is 1.97. The van der Waals surface area contributed by atoms with Crippen molar-refractivity contribution in [2.24, 2.45) is 0 Å². The SMILES string of the molecule is O=C(NCc1ccccc1)C(=O)Nc1ccc(F)c(F)c1F. The summed E-state index contributed by atoms with van der Waals surface area (Å²) in [5, 5.41) is 4.20. The van der Waals surface area contributed by atoms with Crippen molar-refractivity contribution < 1.29 is 22.8 Å². The number of carbonyl (C=O) groups excluding carboxylic acids is 2. The highest BCUT2D eigenvalue weighted by molar-refractivity contribution is 6.39. The summed E-state index contributed by atoms with van der Waals surface area (Å²) in [6.07, 6.45) is 0. The van der Waals surface area contributed by atoms with E-state index in [0.29, 0.717) is 6.07 Å². The number of hydrogen-bond donors (Lipinski definition) is 2. The molecule has 7 heteroatoms. The molecule has 2 N–H and O–H groups in total. The molecule has 0 atom stereocenters. The van der Waals surface area contributed by atoms with Gasteiger partial charge in [0.1, 0.15) is 0 Å². The Morgan fingerprint density at radius 2 is 1.55 bits per heavy atom. The lowest BCUT2D eigenvalue weighted by atomic mass is 10.2. The molecule has 114 valence electrons. The highest BCUT2D eigenvalue weighted by Gasteiger charge is 2.18. The van der Waals surface area contributed by atoms with Crippen LogP contribution in [0.2, 0.25) is 0 Å². The molecule has 0 saturated carbocycles. The van der Waals surface area contributed by atoms with E-state index in [1.165, 1.54) is 0 Å². The van der Waals surface area contributed by atoms with E-state index >= 15 is 0 Å². The van der Waals surface area contributed by atoms with Gasteiger partial charge in [-0.2, -0.15) is 0 Å². The first-order valence-electron chi connectivity index (χ1n) is 6.25. The number of benzene rings is 2. The topological polar surface area (TPSA) is 58.2 Å². The predicted molar refractivity (Wildman–Crippen MR) is 73.2 cm³/mol. The zero-order valence-electron chi connectivity index (χ0n) is 11.2. The average molecular weight is 308 g/mol. The van der Waals surface area contributed by atoms with Gasteiger partial charge in [0.2, 0.25) is 0 Å². The van der Waals surface area contributed by atoms with Crippen molar-refractivity contribution >= 4 is 17.5 Å². The minimum atomic E-state index is -1.72. The molecule has 2 rings (SSSR count). The molecular formula is C15H11F3N2O2. The van der Waals surface area contributed by atoms with Gasteiger partial charge in [0, 0.05) is 6.54 Å². The number of hydrogen-bond acceptors (Lipinski definition) is 2. The predicted octanol–water partition coefficient (Wildman–Crippen LogP) is 2.36. The lowest BCUT2D eigenvalue weighted by molar-refractivity contribution is -0.136. The summed E-state index contributed by atoms with van der Waals surface area (Å²) in [6, 6.07) is 10.3. The Bertz CT molecular complexity index is 705. The summed E-state index contributed by atoms with van der Waals surface area (Å²) >= 11 is 0. The van der Waals surface area contributed by atoms with E-state index in [0.717, 1.165) is 11.6 Å². The van der Waals surface area contributed by atoms with Crippen molar-refractivity contribution in [3.63, 3.8) is 0 Å². The van der Waals surface area contributed by atoms with E-state index in [9.17, 15) is 22.8 Å². The smallest absolute Gasteiger partial charge is 0.313 e. The standard InChI is InChI=1S/C15H11F3N2O2/c16-10-6-7-11(13(18)12(10)17)20-15(22)14(21)19-8-9-4-2-1-3-5-9/h1-7H,8H2,(H,19,21)(H,20,22). The number of amides is 2. The highest BCUT2D eigenvalue weighted by Crippen LogP contribution is 2.19. The Morgan fingerprint density at radius 3 is 2.23 bits per heavy atom. The van der Waals surface area contributed by atoms with Crippen LogP contribution < -0.4 is 10.6 Å². The van der Waals surface area contributed by atoms with Crippen LogP contribution in [0.3, 0.4) is 0 Å². The number of nitrogens with one attached hydrogen (secondary N) is 2. The van der Waals surface area contributed by atoms with Crippen molar-refractivity contribution in [2.45, 2.75) is 6.54 Å². The van der Waals surface area contributed by atoms with Gasteiger partial charge < -0.3 is 10.6 Å².